The SMILES string of the molecule is O=C=NC1([C@@H]2CCCCS2(=O)=O)CCCCC1. The second kappa shape index (κ2) is 4.91. The van der Waals surface area contributed by atoms with Gasteiger partial charge in [-0.15, -0.1) is 0 Å². The third-order valence-corrected chi connectivity index (χ3v) is 6.56. The lowest BCUT2D eigenvalue weighted by atomic mass is 9.78. The van der Waals surface area contributed by atoms with Gasteiger partial charge >= 0.3 is 0 Å². The molecule has 0 aromatic heterocycles. The van der Waals surface area contributed by atoms with Crippen molar-refractivity contribution in [3.63, 3.8) is 0 Å². The molecule has 2 aliphatic rings. The lowest BCUT2D eigenvalue weighted by Gasteiger charge is -2.40. The van der Waals surface area contributed by atoms with E-state index in [9.17, 15) is 13.2 Å². The van der Waals surface area contributed by atoms with Crippen molar-refractivity contribution in [2.24, 2.45) is 4.99 Å². The van der Waals surface area contributed by atoms with Crippen molar-refractivity contribution in [3.8, 4) is 0 Å². The van der Waals surface area contributed by atoms with E-state index in [1.165, 1.54) is 0 Å². The molecule has 96 valence electrons. The minimum atomic E-state index is -3.08. The van der Waals surface area contributed by atoms with E-state index < -0.39 is 20.6 Å². The first-order valence-corrected chi connectivity index (χ1v) is 8.13. The first kappa shape index (κ1) is 12.8. The number of nitrogens with zero attached hydrogens (tertiary/aromatic N) is 1. The quantitative estimate of drug-likeness (QED) is 0.561. The molecule has 5 heteroatoms. The molecule has 4 nitrogen and oxygen atoms in total. The van der Waals surface area contributed by atoms with Gasteiger partial charge in [0.05, 0.1) is 16.5 Å². The molecule has 2 rings (SSSR count). The first-order valence-electron chi connectivity index (χ1n) is 6.41. The molecule has 1 saturated heterocycles. The van der Waals surface area contributed by atoms with Crippen molar-refractivity contribution in [2.75, 3.05) is 5.75 Å². The highest BCUT2D eigenvalue weighted by Crippen LogP contribution is 2.41. The summed E-state index contributed by atoms with van der Waals surface area (Å²) in [6, 6.07) is 0. The van der Waals surface area contributed by atoms with E-state index in [1.54, 1.807) is 6.08 Å². The van der Waals surface area contributed by atoms with Crippen LogP contribution in [0.2, 0.25) is 0 Å². The van der Waals surface area contributed by atoms with E-state index >= 15 is 0 Å². The molecule has 0 amide bonds. The van der Waals surface area contributed by atoms with Gasteiger partial charge < -0.3 is 0 Å². The van der Waals surface area contributed by atoms with Crippen molar-refractivity contribution in [1.82, 2.24) is 0 Å². The van der Waals surface area contributed by atoms with E-state index in [0.29, 0.717) is 6.42 Å². The van der Waals surface area contributed by atoms with Gasteiger partial charge in [-0.05, 0) is 25.7 Å². The summed E-state index contributed by atoms with van der Waals surface area (Å²) in [5.74, 6) is 0.258. The minimum Gasteiger partial charge on any atom is -0.228 e. The van der Waals surface area contributed by atoms with Crippen LogP contribution in [0.3, 0.4) is 0 Å². The van der Waals surface area contributed by atoms with Crippen LogP contribution >= 0.6 is 0 Å². The number of hydrogen-bond acceptors (Lipinski definition) is 4. The van der Waals surface area contributed by atoms with E-state index in [0.717, 1.165) is 44.9 Å². The van der Waals surface area contributed by atoms with Crippen LogP contribution in [0.4, 0.5) is 0 Å². The summed E-state index contributed by atoms with van der Waals surface area (Å²) in [5, 5.41) is -0.439. The molecule has 1 aliphatic carbocycles. The molecule has 1 saturated carbocycles. The maximum Gasteiger partial charge on any atom is 0.235 e. The molecule has 2 fully saturated rings. The van der Waals surface area contributed by atoms with Gasteiger partial charge in [0.25, 0.3) is 0 Å². The van der Waals surface area contributed by atoms with E-state index in [2.05, 4.69) is 4.99 Å². The smallest absolute Gasteiger partial charge is 0.228 e. The van der Waals surface area contributed by atoms with Crippen LogP contribution in [-0.2, 0) is 14.6 Å². The zero-order valence-corrected chi connectivity index (χ0v) is 10.8. The molecule has 0 bridgehead atoms. The van der Waals surface area contributed by atoms with Gasteiger partial charge in [0.2, 0.25) is 6.08 Å². The Hall–Kier alpha value is -0.670. The monoisotopic (exact) mass is 257 g/mol. The predicted molar refractivity (Wildman–Crippen MR) is 65.4 cm³/mol. The topological polar surface area (TPSA) is 63.6 Å². The Morgan fingerprint density at radius 2 is 1.76 bits per heavy atom. The van der Waals surface area contributed by atoms with E-state index in [4.69, 9.17) is 0 Å². The normalized spacial score (nSPS) is 31.4. The summed E-state index contributed by atoms with van der Waals surface area (Å²) in [4.78, 5) is 14.6. The van der Waals surface area contributed by atoms with Gasteiger partial charge in [0, 0.05) is 0 Å². The van der Waals surface area contributed by atoms with Crippen LogP contribution in [0.5, 0.6) is 0 Å². The van der Waals surface area contributed by atoms with E-state index in [-0.39, 0.29) is 5.75 Å². The zero-order chi connectivity index (χ0) is 12.4. The number of carbonyl (C=O) groups excluding carboxylic acids is 1. The fraction of sp³-hybridized carbons (Fsp3) is 0.917. The number of isocyanates is 1. The Morgan fingerprint density at radius 1 is 1.06 bits per heavy atom. The van der Waals surface area contributed by atoms with Gasteiger partial charge in [0.15, 0.2) is 9.84 Å². The second-order valence-corrected chi connectivity index (χ2v) is 7.52. The zero-order valence-electron chi connectivity index (χ0n) is 10.0. The Bertz CT molecular complexity index is 417. The van der Waals surface area contributed by atoms with Crippen LogP contribution in [-0.4, -0.2) is 31.0 Å². The molecule has 0 aromatic rings. The summed E-state index contributed by atoms with van der Waals surface area (Å²) >= 11 is 0. The molecule has 0 unspecified atom stereocenters. The van der Waals surface area contributed by atoms with E-state index in [1.807, 2.05) is 0 Å². The Labute approximate surface area is 102 Å². The van der Waals surface area contributed by atoms with Gasteiger partial charge in [0.1, 0.15) is 0 Å². The molecule has 1 aliphatic heterocycles. The molecule has 1 atom stereocenters. The predicted octanol–water partition coefficient (Wildman–Crippen LogP) is 1.99. The third kappa shape index (κ3) is 2.45. The number of rotatable bonds is 2. The summed E-state index contributed by atoms with van der Waals surface area (Å²) in [6.45, 7) is 0. The standard InChI is InChI=1S/C12H19NO3S/c14-10-13-12(7-3-1-4-8-12)11-6-2-5-9-17(11,15)16/h11H,1-9H2/t11-/m0/s1. The average molecular weight is 257 g/mol. The molecular weight excluding hydrogens is 238 g/mol. The lowest BCUT2D eigenvalue weighted by Crippen LogP contribution is -2.49. The Morgan fingerprint density at radius 3 is 2.35 bits per heavy atom. The molecular formula is C12H19NO3S. The molecule has 0 radical (unpaired) electrons. The summed E-state index contributed by atoms with van der Waals surface area (Å²) in [5.41, 5.74) is -0.654. The lowest BCUT2D eigenvalue weighted by molar-refractivity contribution is 0.270. The molecule has 1 heterocycles. The minimum absolute atomic E-state index is 0.258. The highest BCUT2D eigenvalue weighted by atomic mass is 32.2. The van der Waals surface area contributed by atoms with Crippen molar-refractivity contribution in [2.45, 2.75) is 62.2 Å². The average Bonchev–Trinajstić information content (AvgIpc) is 2.30. The number of aliphatic imine (C=N–C) groups is 1. The second-order valence-electron chi connectivity index (χ2n) is 5.22. The Balaban J connectivity index is 2.34. The Kier molecular flexibility index (Phi) is 3.69. The third-order valence-electron chi connectivity index (χ3n) is 4.17. The van der Waals surface area contributed by atoms with Gasteiger partial charge in [-0.1, -0.05) is 25.7 Å². The fourth-order valence-corrected chi connectivity index (χ4v) is 5.69. The number of sulfone groups is 1. The van der Waals surface area contributed by atoms with Crippen LogP contribution in [0.1, 0.15) is 51.4 Å². The maximum atomic E-state index is 12.2. The molecule has 0 aromatic carbocycles. The summed E-state index contributed by atoms with van der Waals surface area (Å²) < 4.78 is 24.3. The van der Waals surface area contributed by atoms with Crippen molar-refractivity contribution < 1.29 is 13.2 Å². The fourth-order valence-electron chi connectivity index (χ4n) is 3.32. The first-order chi connectivity index (χ1) is 8.11. The maximum absolute atomic E-state index is 12.2. The summed E-state index contributed by atoms with van der Waals surface area (Å²) in [6.07, 6.45) is 8.47. The number of hydrogen-bond donors (Lipinski definition) is 0. The largest absolute Gasteiger partial charge is 0.235 e. The highest BCUT2D eigenvalue weighted by molar-refractivity contribution is 7.92. The van der Waals surface area contributed by atoms with Crippen LogP contribution in [0.15, 0.2) is 4.99 Å². The van der Waals surface area contributed by atoms with Gasteiger partial charge in [-0.2, -0.15) is 4.99 Å². The molecule has 0 N–H and O–H groups in total. The van der Waals surface area contributed by atoms with Crippen molar-refractivity contribution in [1.29, 1.82) is 0 Å². The van der Waals surface area contributed by atoms with Crippen LogP contribution in [0.25, 0.3) is 0 Å². The van der Waals surface area contributed by atoms with Gasteiger partial charge in [-0.25, -0.2) is 13.2 Å². The van der Waals surface area contributed by atoms with Crippen molar-refractivity contribution in [3.05, 3.63) is 0 Å². The molecule has 17 heavy (non-hydrogen) atoms. The van der Waals surface area contributed by atoms with Crippen LogP contribution in [0, 0.1) is 0 Å². The van der Waals surface area contributed by atoms with Gasteiger partial charge in [-0.3, -0.25) is 0 Å². The van der Waals surface area contributed by atoms with Crippen molar-refractivity contribution >= 4 is 15.9 Å². The summed E-state index contributed by atoms with van der Waals surface area (Å²) in [7, 11) is -3.08. The van der Waals surface area contributed by atoms with Crippen LogP contribution < -0.4 is 0 Å². The highest BCUT2D eigenvalue weighted by Gasteiger charge is 2.47. The molecule has 0 spiro atoms.